The van der Waals surface area contributed by atoms with Gasteiger partial charge in [-0.25, -0.2) is 0 Å². The lowest BCUT2D eigenvalue weighted by Gasteiger charge is -2.08. The van der Waals surface area contributed by atoms with Crippen molar-refractivity contribution in [2.45, 2.75) is 19.9 Å². The molecule has 0 bridgehead atoms. The van der Waals surface area contributed by atoms with Crippen LogP contribution in [0.5, 0.6) is 11.5 Å². The fourth-order valence-corrected chi connectivity index (χ4v) is 2.45. The smallest absolute Gasteiger partial charge is 0.231 e. The van der Waals surface area contributed by atoms with Crippen molar-refractivity contribution in [2.24, 2.45) is 0 Å². The molecule has 0 radical (unpaired) electrons. The zero-order valence-electron chi connectivity index (χ0n) is 11.7. The van der Waals surface area contributed by atoms with Crippen molar-refractivity contribution in [1.82, 2.24) is 5.32 Å². The Kier molecular flexibility index (Phi) is 3.88. The van der Waals surface area contributed by atoms with Crippen LogP contribution in [0.1, 0.15) is 16.7 Å². The second-order valence-electron chi connectivity index (χ2n) is 5.07. The molecule has 2 aromatic carbocycles. The second kappa shape index (κ2) is 5.97. The number of hydrogen-bond donors (Lipinski definition) is 1. The Morgan fingerprint density at radius 1 is 1.10 bits per heavy atom. The molecule has 0 spiro atoms. The maximum absolute atomic E-state index is 5.50. The van der Waals surface area contributed by atoms with Crippen molar-refractivity contribution in [1.29, 1.82) is 0 Å². The van der Waals surface area contributed by atoms with Crippen LogP contribution < -0.4 is 14.8 Å². The van der Waals surface area contributed by atoms with Gasteiger partial charge in [0.15, 0.2) is 11.5 Å². The average molecular weight is 269 g/mol. The van der Waals surface area contributed by atoms with Gasteiger partial charge in [-0.3, -0.25) is 0 Å². The van der Waals surface area contributed by atoms with Gasteiger partial charge in [0.05, 0.1) is 0 Å². The number of hydrogen-bond acceptors (Lipinski definition) is 3. The van der Waals surface area contributed by atoms with E-state index in [1.54, 1.807) is 0 Å². The predicted octanol–water partition coefficient (Wildman–Crippen LogP) is 3.06. The number of aryl methyl sites for hydroxylation is 1. The highest BCUT2D eigenvalue weighted by Gasteiger charge is 2.16. The highest BCUT2D eigenvalue weighted by atomic mass is 16.7. The largest absolute Gasteiger partial charge is 0.454 e. The lowest BCUT2D eigenvalue weighted by Crippen LogP contribution is -2.17. The molecule has 0 aliphatic carbocycles. The molecule has 1 aliphatic rings. The maximum Gasteiger partial charge on any atom is 0.231 e. The zero-order valence-corrected chi connectivity index (χ0v) is 11.7. The standard InChI is InChI=1S/C17H19NO2/c1-13-4-2-5-14(10-13)8-9-18-11-15-6-3-7-16-17(15)20-12-19-16/h2-7,10,18H,8-9,11-12H2,1H3. The molecule has 0 atom stereocenters. The van der Waals surface area contributed by atoms with Gasteiger partial charge in [0.25, 0.3) is 0 Å². The van der Waals surface area contributed by atoms with Gasteiger partial charge in [0.1, 0.15) is 0 Å². The Balaban J connectivity index is 1.52. The molecule has 20 heavy (non-hydrogen) atoms. The number of ether oxygens (including phenoxy) is 2. The van der Waals surface area contributed by atoms with Crippen molar-refractivity contribution < 1.29 is 9.47 Å². The number of rotatable bonds is 5. The first-order valence-corrected chi connectivity index (χ1v) is 6.97. The van der Waals surface area contributed by atoms with E-state index >= 15 is 0 Å². The SMILES string of the molecule is Cc1cccc(CCNCc2cccc3c2OCO3)c1. The minimum Gasteiger partial charge on any atom is -0.454 e. The van der Waals surface area contributed by atoms with Crippen LogP contribution in [0.15, 0.2) is 42.5 Å². The Bertz CT molecular complexity index is 595. The van der Waals surface area contributed by atoms with Crippen molar-refractivity contribution >= 4 is 0 Å². The molecule has 3 heteroatoms. The summed E-state index contributed by atoms with van der Waals surface area (Å²) in [6.07, 6.45) is 1.04. The van der Waals surface area contributed by atoms with E-state index in [1.165, 1.54) is 11.1 Å². The van der Waals surface area contributed by atoms with Gasteiger partial charge in [-0.05, 0) is 31.5 Å². The van der Waals surface area contributed by atoms with Gasteiger partial charge < -0.3 is 14.8 Å². The predicted molar refractivity (Wildman–Crippen MR) is 79.2 cm³/mol. The summed E-state index contributed by atoms with van der Waals surface area (Å²) in [7, 11) is 0. The highest BCUT2D eigenvalue weighted by Crippen LogP contribution is 2.35. The topological polar surface area (TPSA) is 30.5 Å². The van der Waals surface area contributed by atoms with Crippen molar-refractivity contribution in [3.8, 4) is 11.5 Å². The normalized spacial score (nSPS) is 12.7. The van der Waals surface area contributed by atoms with E-state index in [9.17, 15) is 0 Å². The van der Waals surface area contributed by atoms with Crippen LogP contribution in [0, 0.1) is 6.92 Å². The Hall–Kier alpha value is -2.00. The van der Waals surface area contributed by atoms with Crippen LogP contribution in [-0.4, -0.2) is 13.3 Å². The third kappa shape index (κ3) is 2.94. The monoisotopic (exact) mass is 269 g/mol. The van der Waals surface area contributed by atoms with Crippen LogP contribution in [0.3, 0.4) is 0 Å². The highest BCUT2D eigenvalue weighted by molar-refractivity contribution is 5.48. The molecule has 3 rings (SSSR count). The van der Waals surface area contributed by atoms with E-state index in [0.29, 0.717) is 6.79 Å². The zero-order chi connectivity index (χ0) is 13.8. The van der Waals surface area contributed by atoms with Crippen LogP contribution in [0.2, 0.25) is 0 Å². The molecule has 0 fully saturated rings. The molecule has 0 saturated heterocycles. The fraction of sp³-hybridized carbons (Fsp3) is 0.294. The molecule has 1 heterocycles. The fourth-order valence-electron chi connectivity index (χ4n) is 2.45. The minimum atomic E-state index is 0.329. The quantitative estimate of drug-likeness (QED) is 0.846. The molecule has 1 N–H and O–H groups in total. The molecule has 0 amide bonds. The summed E-state index contributed by atoms with van der Waals surface area (Å²) in [5, 5.41) is 3.46. The van der Waals surface area contributed by atoms with Crippen LogP contribution in [0.25, 0.3) is 0 Å². The maximum atomic E-state index is 5.50. The molecule has 1 aliphatic heterocycles. The van der Waals surface area contributed by atoms with Gasteiger partial charge in [-0.2, -0.15) is 0 Å². The Morgan fingerprint density at radius 2 is 2.00 bits per heavy atom. The van der Waals surface area contributed by atoms with Gasteiger partial charge in [-0.15, -0.1) is 0 Å². The summed E-state index contributed by atoms with van der Waals surface area (Å²) < 4.78 is 10.9. The molecule has 104 valence electrons. The average Bonchev–Trinajstić information content (AvgIpc) is 2.93. The molecule has 3 nitrogen and oxygen atoms in total. The van der Waals surface area contributed by atoms with E-state index in [4.69, 9.17) is 9.47 Å². The van der Waals surface area contributed by atoms with Gasteiger partial charge in [0, 0.05) is 12.1 Å². The molecular formula is C17H19NO2. The Labute approximate surface area is 119 Å². The summed E-state index contributed by atoms with van der Waals surface area (Å²) in [4.78, 5) is 0. The second-order valence-corrected chi connectivity index (χ2v) is 5.07. The van der Waals surface area contributed by atoms with Crippen LogP contribution >= 0.6 is 0 Å². The van der Waals surface area contributed by atoms with Gasteiger partial charge >= 0.3 is 0 Å². The molecular weight excluding hydrogens is 250 g/mol. The van der Waals surface area contributed by atoms with Gasteiger partial charge in [0.2, 0.25) is 6.79 Å². The number of nitrogens with one attached hydrogen (secondary N) is 1. The number of para-hydroxylation sites is 1. The lowest BCUT2D eigenvalue weighted by atomic mass is 10.1. The summed E-state index contributed by atoms with van der Waals surface area (Å²) in [5.41, 5.74) is 3.84. The third-order valence-corrected chi connectivity index (χ3v) is 3.47. The van der Waals surface area contributed by atoms with Crippen molar-refractivity contribution in [3.05, 3.63) is 59.2 Å². The first kappa shape index (κ1) is 13.0. The summed E-state index contributed by atoms with van der Waals surface area (Å²) >= 11 is 0. The molecule has 0 unspecified atom stereocenters. The van der Waals surface area contributed by atoms with Crippen molar-refractivity contribution in [3.63, 3.8) is 0 Å². The number of benzene rings is 2. The van der Waals surface area contributed by atoms with Crippen LogP contribution in [-0.2, 0) is 13.0 Å². The van der Waals surface area contributed by atoms with E-state index in [-0.39, 0.29) is 0 Å². The summed E-state index contributed by atoms with van der Waals surface area (Å²) in [5.74, 6) is 1.73. The van der Waals surface area contributed by atoms with Gasteiger partial charge in [-0.1, -0.05) is 42.0 Å². The molecule has 2 aromatic rings. The molecule has 0 saturated carbocycles. The Morgan fingerprint density at radius 3 is 2.90 bits per heavy atom. The van der Waals surface area contributed by atoms with E-state index in [2.05, 4.69) is 42.6 Å². The summed E-state index contributed by atoms with van der Waals surface area (Å²) in [6.45, 7) is 4.21. The first-order valence-electron chi connectivity index (χ1n) is 6.97. The van der Waals surface area contributed by atoms with E-state index in [1.807, 2.05) is 12.1 Å². The summed E-state index contributed by atoms with van der Waals surface area (Å²) in [6, 6.07) is 14.7. The third-order valence-electron chi connectivity index (χ3n) is 3.47. The molecule has 0 aromatic heterocycles. The van der Waals surface area contributed by atoms with Crippen LogP contribution in [0.4, 0.5) is 0 Å². The number of fused-ring (bicyclic) bond motifs is 1. The van der Waals surface area contributed by atoms with E-state index in [0.717, 1.165) is 36.6 Å². The lowest BCUT2D eigenvalue weighted by molar-refractivity contribution is 0.173. The first-order chi connectivity index (χ1) is 9.83. The van der Waals surface area contributed by atoms with E-state index < -0.39 is 0 Å². The van der Waals surface area contributed by atoms with Crippen molar-refractivity contribution in [2.75, 3.05) is 13.3 Å². The minimum absolute atomic E-state index is 0.329.